The number of nitrogens with zero attached hydrogens (tertiary/aromatic N) is 3. The van der Waals surface area contributed by atoms with Crippen LogP contribution < -0.4 is 11.1 Å². The van der Waals surface area contributed by atoms with Crippen LogP contribution in [0.25, 0.3) is 0 Å². The molecule has 0 aliphatic carbocycles. The topological polar surface area (TPSA) is 95.1 Å². The minimum atomic E-state index is -0.273. The zero-order valence-electron chi connectivity index (χ0n) is 9.96. The number of carbonyl (C=O) groups excluding carboxylic acids is 1. The van der Waals surface area contributed by atoms with Gasteiger partial charge in [0.05, 0.1) is 25.2 Å². The molecule has 1 aliphatic rings. The summed E-state index contributed by atoms with van der Waals surface area (Å²) in [6, 6.07) is -0.413. The van der Waals surface area contributed by atoms with Gasteiger partial charge in [-0.15, -0.1) is 10.2 Å². The molecule has 0 bridgehead atoms. The molecule has 7 nitrogen and oxygen atoms in total. The fraction of sp³-hybridized carbons (Fsp3) is 0.700. The van der Waals surface area contributed by atoms with Gasteiger partial charge in [-0.3, -0.25) is 4.79 Å². The van der Waals surface area contributed by atoms with Crippen molar-refractivity contribution in [3.05, 3.63) is 12.2 Å². The molecule has 94 valence electrons. The first-order chi connectivity index (χ1) is 8.09. The van der Waals surface area contributed by atoms with E-state index in [0.29, 0.717) is 19.0 Å². The van der Waals surface area contributed by atoms with Gasteiger partial charge in [-0.2, -0.15) is 0 Å². The highest BCUT2D eigenvalue weighted by Gasteiger charge is 2.32. The van der Waals surface area contributed by atoms with Crippen molar-refractivity contribution in [2.24, 2.45) is 18.7 Å². The predicted octanol–water partition coefficient (Wildman–Crippen LogP) is -1.03. The van der Waals surface area contributed by atoms with Crippen LogP contribution in [0.1, 0.15) is 18.8 Å². The Morgan fingerprint density at radius 1 is 1.71 bits per heavy atom. The summed E-state index contributed by atoms with van der Waals surface area (Å²) < 4.78 is 6.94. The second-order valence-electron chi connectivity index (χ2n) is 4.34. The number of nitrogens with one attached hydrogen (secondary N) is 1. The normalized spacial score (nSPS) is 25.8. The molecule has 3 N–H and O–H groups in total. The van der Waals surface area contributed by atoms with E-state index in [-0.39, 0.29) is 23.9 Å². The van der Waals surface area contributed by atoms with Crippen molar-refractivity contribution in [3.63, 3.8) is 0 Å². The van der Waals surface area contributed by atoms with E-state index in [1.54, 1.807) is 10.9 Å². The van der Waals surface area contributed by atoms with Crippen LogP contribution in [0.15, 0.2) is 6.33 Å². The summed E-state index contributed by atoms with van der Waals surface area (Å²) >= 11 is 0. The third kappa shape index (κ3) is 2.45. The Kier molecular flexibility index (Phi) is 3.39. The lowest BCUT2D eigenvalue weighted by atomic mass is 10.0. The second kappa shape index (κ2) is 4.80. The molecule has 0 aromatic carbocycles. The third-order valence-corrected chi connectivity index (χ3v) is 2.95. The van der Waals surface area contributed by atoms with Gasteiger partial charge in [-0.05, 0) is 6.92 Å². The second-order valence-corrected chi connectivity index (χ2v) is 4.34. The molecule has 7 heteroatoms. The summed E-state index contributed by atoms with van der Waals surface area (Å²) in [6.45, 7) is 2.69. The standard InChI is InChI=1S/C10H17N5O2/c1-6(9-14-12-5-15(9)2)13-10(16)7-3-17-4-8(7)11/h5-8H,3-4,11H2,1-2H3,(H,13,16). The number of aromatic nitrogens is 3. The zero-order chi connectivity index (χ0) is 12.4. The summed E-state index contributed by atoms with van der Waals surface area (Å²) in [6.07, 6.45) is 1.60. The lowest BCUT2D eigenvalue weighted by Gasteiger charge is -2.17. The maximum atomic E-state index is 11.9. The van der Waals surface area contributed by atoms with Crippen LogP contribution in [0, 0.1) is 5.92 Å². The Morgan fingerprint density at radius 2 is 2.47 bits per heavy atom. The molecule has 1 aliphatic heterocycles. The van der Waals surface area contributed by atoms with Crippen LogP contribution in [0.2, 0.25) is 0 Å². The van der Waals surface area contributed by atoms with E-state index in [1.165, 1.54) is 0 Å². The fourth-order valence-corrected chi connectivity index (χ4v) is 1.91. The molecule has 1 aromatic rings. The fourth-order valence-electron chi connectivity index (χ4n) is 1.91. The molecule has 1 saturated heterocycles. The first kappa shape index (κ1) is 12.0. The van der Waals surface area contributed by atoms with Crippen LogP contribution in [0.5, 0.6) is 0 Å². The molecule has 2 heterocycles. The van der Waals surface area contributed by atoms with Crippen LogP contribution >= 0.6 is 0 Å². The van der Waals surface area contributed by atoms with E-state index >= 15 is 0 Å². The monoisotopic (exact) mass is 239 g/mol. The Hall–Kier alpha value is -1.47. The average Bonchev–Trinajstić information content (AvgIpc) is 2.86. The average molecular weight is 239 g/mol. The molecule has 2 rings (SSSR count). The van der Waals surface area contributed by atoms with Crippen LogP contribution in [-0.4, -0.2) is 39.9 Å². The van der Waals surface area contributed by atoms with Crippen LogP contribution in [0.3, 0.4) is 0 Å². The summed E-state index contributed by atoms with van der Waals surface area (Å²) in [5.74, 6) is 0.349. The van der Waals surface area contributed by atoms with Gasteiger partial charge >= 0.3 is 0 Å². The molecule has 1 aromatic heterocycles. The SMILES string of the molecule is CC(NC(=O)C1COCC1N)c1nncn1C. The molecule has 1 fully saturated rings. The Bertz CT molecular complexity index is 405. The van der Waals surface area contributed by atoms with E-state index in [0.717, 1.165) is 0 Å². The van der Waals surface area contributed by atoms with Crippen LogP contribution in [0.4, 0.5) is 0 Å². The maximum absolute atomic E-state index is 11.9. The highest BCUT2D eigenvalue weighted by atomic mass is 16.5. The Balaban J connectivity index is 1.97. The summed E-state index contributed by atoms with van der Waals surface area (Å²) in [4.78, 5) is 11.9. The molecule has 0 radical (unpaired) electrons. The summed E-state index contributed by atoms with van der Waals surface area (Å²) in [7, 11) is 1.84. The van der Waals surface area contributed by atoms with Crippen molar-refractivity contribution in [2.75, 3.05) is 13.2 Å². The third-order valence-electron chi connectivity index (χ3n) is 2.95. The lowest BCUT2D eigenvalue weighted by molar-refractivity contribution is -0.125. The van der Waals surface area contributed by atoms with Crippen LogP contribution in [-0.2, 0) is 16.6 Å². The maximum Gasteiger partial charge on any atom is 0.227 e. The van der Waals surface area contributed by atoms with Crippen molar-refractivity contribution in [1.29, 1.82) is 0 Å². The lowest BCUT2D eigenvalue weighted by Crippen LogP contribution is -2.42. The van der Waals surface area contributed by atoms with Crippen molar-refractivity contribution in [1.82, 2.24) is 20.1 Å². The van der Waals surface area contributed by atoms with Crippen molar-refractivity contribution in [2.45, 2.75) is 19.0 Å². The van der Waals surface area contributed by atoms with Gasteiger partial charge in [0.1, 0.15) is 6.33 Å². The van der Waals surface area contributed by atoms with Crippen molar-refractivity contribution < 1.29 is 9.53 Å². The largest absolute Gasteiger partial charge is 0.379 e. The summed E-state index contributed by atoms with van der Waals surface area (Å²) in [5, 5.41) is 10.6. The highest BCUT2D eigenvalue weighted by molar-refractivity contribution is 5.80. The first-order valence-corrected chi connectivity index (χ1v) is 5.57. The Labute approximate surface area is 99.3 Å². The van der Waals surface area contributed by atoms with E-state index in [9.17, 15) is 4.79 Å². The first-order valence-electron chi connectivity index (χ1n) is 5.57. The zero-order valence-corrected chi connectivity index (χ0v) is 9.96. The number of aryl methyl sites for hydroxylation is 1. The van der Waals surface area contributed by atoms with E-state index in [2.05, 4.69) is 15.5 Å². The molecule has 3 unspecified atom stereocenters. The minimum Gasteiger partial charge on any atom is -0.379 e. The molecule has 3 atom stereocenters. The van der Waals surface area contributed by atoms with E-state index < -0.39 is 0 Å². The van der Waals surface area contributed by atoms with Crippen molar-refractivity contribution in [3.8, 4) is 0 Å². The number of ether oxygens (including phenoxy) is 1. The van der Waals surface area contributed by atoms with Crippen molar-refractivity contribution >= 4 is 5.91 Å². The smallest absolute Gasteiger partial charge is 0.227 e. The molecule has 0 saturated carbocycles. The van der Waals surface area contributed by atoms with Gasteiger partial charge in [0.25, 0.3) is 0 Å². The molecular weight excluding hydrogens is 222 g/mol. The number of hydrogen-bond donors (Lipinski definition) is 2. The van der Waals surface area contributed by atoms with E-state index in [4.69, 9.17) is 10.5 Å². The molecular formula is C10H17N5O2. The molecule has 17 heavy (non-hydrogen) atoms. The Morgan fingerprint density at radius 3 is 3.00 bits per heavy atom. The summed E-state index contributed by atoms with van der Waals surface area (Å²) in [5.41, 5.74) is 5.79. The van der Waals surface area contributed by atoms with E-state index in [1.807, 2.05) is 14.0 Å². The number of carbonyl (C=O) groups is 1. The highest BCUT2D eigenvalue weighted by Crippen LogP contribution is 2.14. The molecule has 1 amide bonds. The van der Waals surface area contributed by atoms with Gasteiger partial charge in [0, 0.05) is 13.1 Å². The quantitative estimate of drug-likeness (QED) is 0.703. The number of amides is 1. The van der Waals surface area contributed by atoms with Gasteiger partial charge < -0.3 is 20.4 Å². The number of hydrogen-bond acceptors (Lipinski definition) is 5. The number of nitrogens with two attached hydrogens (primary N) is 1. The van der Waals surface area contributed by atoms with Gasteiger partial charge in [-0.1, -0.05) is 0 Å². The minimum absolute atomic E-state index is 0.0921. The number of rotatable bonds is 3. The predicted molar refractivity (Wildman–Crippen MR) is 59.8 cm³/mol. The van der Waals surface area contributed by atoms with Gasteiger partial charge in [-0.25, -0.2) is 0 Å². The van der Waals surface area contributed by atoms with Gasteiger partial charge in [0.15, 0.2) is 5.82 Å². The van der Waals surface area contributed by atoms with Gasteiger partial charge in [0.2, 0.25) is 5.91 Å². The molecule has 0 spiro atoms.